The van der Waals surface area contributed by atoms with Gasteiger partial charge in [0, 0.05) is 13.1 Å². The number of hydrogen-bond acceptors (Lipinski definition) is 5. The van der Waals surface area contributed by atoms with Crippen molar-refractivity contribution < 1.29 is 22.6 Å². The zero-order valence-corrected chi connectivity index (χ0v) is 12.8. The van der Waals surface area contributed by atoms with Gasteiger partial charge in [0.25, 0.3) is 0 Å². The highest BCUT2D eigenvalue weighted by molar-refractivity contribution is 7.90. The lowest BCUT2D eigenvalue weighted by Gasteiger charge is -2.44. The fourth-order valence-electron chi connectivity index (χ4n) is 2.68. The molecule has 116 valence electrons. The van der Waals surface area contributed by atoms with Gasteiger partial charge in [-0.2, -0.15) is 4.31 Å². The van der Waals surface area contributed by atoms with Crippen molar-refractivity contribution in [2.75, 3.05) is 46.6 Å². The van der Waals surface area contributed by atoms with Crippen LogP contribution in [0.2, 0.25) is 0 Å². The molecule has 0 aromatic heterocycles. The quantitative estimate of drug-likeness (QED) is 0.814. The summed E-state index contributed by atoms with van der Waals surface area (Å²) in [5.74, 6) is 0.706. The van der Waals surface area contributed by atoms with Crippen molar-refractivity contribution in [2.45, 2.75) is 4.75 Å². The molecule has 0 amide bonds. The lowest BCUT2D eigenvalue weighted by atomic mass is 9.96. The SMILES string of the molecule is COc1ccc(C2(S(=O)(=O)N3CCOCC3)COC2)cc1. The highest BCUT2D eigenvalue weighted by Crippen LogP contribution is 2.40. The second-order valence-corrected chi connectivity index (χ2v) is 7.48. The number of nitrogens with zero attached hydrogens (tertiary/aromatic N) is 1. The van der Waals surface area contributed by atoms with Crippen LogP contribution in [0.25, 0.3) is 0 Å². The number of rotatable bonds is 4. The number of methoxy groups -OCH3 is 1. The van der Waals surface area contributed by atoms with Crippen LogP contribution in [0.5, 0.6) is 5.75 Å². The van der Waals surface area contributed by atoms with Gasteiger partial charge in [0.15, 0.2) is 4.75 Å². The monoisotopic (exact) mass is 313 g/mol. The fourth-order valence-corrected chi connectivity index (χ4v) is 4.70. The number of hydrogen-bond donors (Lipinski definition) is 0. The van der Waals surface area contributed by atoms with Gasteiger partial charge in [-0.25, -0.2) is 8.42 Å². The molecule has 0 bridgehead atoms. The molecule has 7 heteroatoms. The molecule has 2 fully saturated rings. The van der Waals surface area contributed by atoms with E-state index in [0.29, 0.717) is 32.1 Å². The third kappa shape index (κ3) is 2.34. The Hall–Kier alpha value is -1.15. The van der Waals surface area contributed by atoms with Crippen molar-refractivity contribution in [1.29, 1.82) is 0 Å². The van der Waals surface area contributed by atoms with Crippen molar-refractivity contribution >= 4 is 10.0 Å². The van der Waals surface area contributed by atoms with Gasteiger partial charge in [0.2, 0.25) is 10.0 Å². The van der Waals surface area contributed by atoms with Crippen molar-refractivity contribution in [3.05, 3.63) is 29.8 Å². The van der Waals surface area contributed by atoms with E-state index in [2.05, 4.69) is 0 Å². The Kier molecular flexibility index (Phi) is 3.92. The second-order valence-electron chi connectivity index (χ2n) is 5.23. The zero-order chi connectivity index (χ0) is 14.9. The molecular formula is C14H19NO5S. The summed E-state index contributed by atoms with van der Waals surface area (Å²) in [6.45, 7) is 2.08. The van der Waals surface area contributed by atoms with Crippen LogP contribution < -0.4 is 4.74 Å². The summed E-state index contributed by atoms with van der Waals surface area (Å²) >= 11 is 0. The molecule has 0 spiro atoms. The van der Waals surface area contributed by atoms with Gasteiger partial charge in [0.05, 0.1) is 33.5 Å². The standard InChI is InChI=1S/C14H19NO5S/c1-18-13-4-2-12(3-5-13)14(10-20-11-14)21(16,17)15-6-8-19-9-7-15/h2-5H,6-11H2,1H3. The summed E-state index contributed by atoms with van der Waals surface area (Å²) in [4.78, 5) is 0. The molecule has 0 radical (unpaired) electrons. The average Bonchev–Trinajstić information content (AvgIpc) is 2.47. The Balaban J connectivity index is 1.94. The van der Waals surface area contributed by atoms with E-state index in [1.807, 2.05) is 0 Å². The van der Waals surface area contributed by atoms with Gasteiger partial charge in [0.1, 0.15) is 5.75 Å². The summed E-state index contributed by atoms with van der Waals surface area (Å²) in [7, 11) is -1.89. The fraction of sp³-hybridized carbons (Fsp3) is 0.571. The molecule has 1 aromatic carbocycles. The number of morpholine rings is 1. The maximum atomic E-state index is 13.0. The van der Waals surface area contributed by atoms with Crippen molar-refractivity contribution in [2.24, 2.45) is 0 Å². The van der Waals surface area contributed by atoms with Crippen molar-refractivity contribution in [1.82, 2.24) is 4.31 Å². The van der Waals surface area contributed by atoms with Gasteiger partial charge in [-0.05, 0) is 17.7 Å². The van der Waals surface area contributed by atoms with Crippen LogP contribution >= 0.6 is 0 Å². The summed E-state index contributed by atoms with van der Waals surface area (Å²) in [5.41, 5.74) is 0.751. The third-order valence-corrected chi connectivity index (χ3v) is 6.59. The van der Waals surface area contributed by atoms with E-state index in [1.165, 1.54) is 4.31 Å². The van der Waals surface area contributed by atoms with Crippen LogP contribution in [-0.4, -0.2) is 59.3 Å². The lowest BCUT2D eigenvalue weighted by Crippen LogP contribution is -2.59. The molecule has 0 aliphatic carbocycles. The molecule has 2 saturated heterocycles. The molecular weight excluding hydrogens is 294 g/mol. The predicted octanol–water partition coefficient (Wildman–Crippen LogP) is 0.583. The summed E-state index contributed by atoms with van der Waals surface area (Å²) in [6.07, 6.45) is 0. The van der Waals surface area contributed by atoms with Crippen molar-refractivity contribution in [3.63, 3.8) is 0 Å². The highest BCUT2D eigenvalue weighted by Gasteiger charge is 2.54. The van der Waals surface area contributed by atoms with E-state index in [9.17, 15) is 8.42 Å². The average molecular weight is 313 g/mol. The third-order valence-electron chi connectivity index (χ3n) is 4.09. The zero-order valence-electron chi connectivity index (χ0n) is 11.9. The van der Waals surface area contributed by atoms with Gasteiger partial charge in [-0.1, -0.05) is 12.1 Å². The van der Waals surface area contributed by atoms with Crippen LogP contribution in [-0.2, 0) is 24.2 Å². The molecule has 0 unspecified atom stereocenters. The number of sulfonamides is 1. The number of ether oxygens (including phenoxy) is 3. The van der Waals surface area contributed by atoms with Gasteiger partial charge >= 0.3 is 0 Å². The Morgan fingerprint density at radius 1 is 1.10 bits per heavy atom. The summed E-state index contributed by atoms with van der Waals surface area (Å²) in [5, 5.41) is 0. The first kappa shape index (κ1) is 14.8. The normalized spacial score (nSPS) is 22.5. The molecule has 1 aromatic rings. The Labute approximate surface area is 124 Å². The Morgan fingerprint density at radius 2 is 1.71 bits per heavy atom. The molecule has 0 saturated carbocycles. The molecule has 3 rings (SSSR count). The first-order valence-corrected chi connectivity index (χ1v) is 8.34. The van der Waals surface area contributed by atoms with Crippen LogP contribution in [0.1, 0.15) is 5.56 Å². The Morgan fingerprint density at radius 3 is 2.19 bits per heavy atom. The van der Waals surface area contributed by atoms with Crippen LogP contribution in [0.3, 0.4) is 0 Å². The van der Waals surface area contributed by atoms with E-state index in [1.54, 1.807) is 31.4 Å². The van der Waals surface area contributed by atoms with Gasteiger partial charge < -0.3 is 14.2 Å². The van der Waals surface area contributed by atoms with Crippen LogP contribution in [0.4, 0.5) is 0 Å². The van der Waals surface area contributed by atoms with Crippen LogP contribution in [0.15, 0.2) is 24.3 Å². The Bertz CT molecular complexity index is 588. The van der Waals surface area contributed by atoms with E-state index < -0.39 is 14.8 Å². The first-order chi connectivity index (χ1) is 10.1. The van der Waals surface area contributed by atoms with E-state index in [0.717, 1.165) is 5.56 Å². The molecule has 2 aliphatic heterocycles. The van der Waals surface area contributed by atoms with E-state index >= 15 is 0 Å². The topological polar surface area (TPSA) is 65.1 Å². The van der Waals surface area contributed by atoms with Crippen LogP contribution in [0, 0.1) is 0 Å². The van der Waals surface area contributed by atoms with E-state index in [-0.39, 0.29) is 13.2 Å². The number of benzene rings is 1. The summed E-state index contributed by atoms with van der Waals surface area (Å²) < 4.78 is 42.2. The molecule has 2 heterocycles. The maximum Gasteiger partial charge on any atom is 0.228 e. The van der Waals surface area contributed by atoms with Gasteiger partial charge in [-0.15, -0.1) is 0 Å². The minimum atomic E-state index is -3.47. The molecule has 2 aliphatic rings. The van der Waals surface area contributed by atoms with Gasteiger partial charge in [-0.3, -0.25) is 0 Å². The van der Waals surface area contributed by atoms with Crippen molar-refractivity contribution in [3.8, 4) is 5.75 Å². The predicted molar refractivity (Wildman–Crippen MR) is 76.8 cm³/mol. The molecule has 0 N–H and O–H groups in total. The molecule has 0 atom stereocenters. The smallest absolute Gasteiger partial charge is 0.228 e. The maximum absolute atomic E-state index is 13.0. The van der Waals surface area contributed by atoms with E-state index in [4.69, 9.17) is 14.2 Å². The molecule has 21 heavy (non-hydrogen) atoms. The first-order valence-electron chi connectivity index (χ1n) is 6.90. The minimum absolute atomic E-state index is 0.193. The highest BCUT2D eigenvalue weighted by atomic mass is 32.2. The largest absolute Gasteiger partial charge is 0.497 e. The summed E-state index contributed by atoms with van der Waals surface area (Å²) in [6, 6.07) is 7.17. The second kappa shape index (κ2) is 5.57. The lowest BCUT2D eigenvalue weighted by molar-refractivity contribution is -0.0211. The molecule has 6 nitrogen and oxygen atoms in total. The minimum Gasteiger partial charge on any atom is -0.497 e.